The first-order chi connectivity index (χ1) is 11.1. The van der Waals surface area contributed by atoms with Crippen LogP contribution in [0.1, 0.15) is 24.5 Å². The first-order valence-electron chi connectivity index (χ1n) is 7.47. The third-order valence-corrected chi connectivity index (χ3v) is 4.43. The highest BCUT2D eigenvalue weighted by molar-refractivity contribution is 7.89. The topological polar surface area (TPSA) is 58.5 Å². The van der Waals surface area contributed by atoms with E-state index < -0.39 is 10.0 Å². The molecule has 0 amide bonds. The number of rotatable bonds is 7. The van der Waals surface area contributed by atoms with Gasteiger partial charge in [0.2, 0.25) is 0 Å². The van der Waals surface area contributed by atoms with Crippen molar-refractivity contribution in [3.05, 3.63) is 71.8 Å². The first kappa shape index (κ1) is 17.0. The summed E-state index contributed by atoms with van der Waals surface area (Å²) < 4.78 is 24.2. The summed E-state index contributed by atoms with van der Waals surface area (Å²) in [4.78, 5) is 2.41. The minimum absolute atomic E-state index is 0.210. The molecule has 2 rings (SSSR count). The number of nitrogens with zero attached hydrogens (tertiary/aromatic N) is 1. The first-order valence-corrected chi connectivity index (χ1v) is 8.95. The fraction of sp³-hybridized carbons (Fsp3) is 0.167. The summed E-state index contributed by atoms with van der Waals surface area (Å²) in [5, 5.41) is 3.74. The van der Waals surface area contributed by atoms with Gasteiger partial charge in [-0.25, -0.2) is 4.83 Å². The molecule has 2 aromatic rings. The van der Waals surface area contributed by atoms with Gasteiger partial charge >= 0.3 is 0 Å². The summed E-state index contributed by atoms with van der Waals surface area (Å²) in [6.45, 7) is 2.09. The fourth-order valence-corrected chi connectivity index (χ4v) is 2.84. The molecular formula is C18H20N2O2S. The average molecular weight is 328 g/mol. The molecule has 0 unspecified atom stereocenters. The van der Waals surface area contributed by atoms with Crippen LogP contribution in [0.4, 0.5) is 0 Å². The standard InChI is InChI=1S/C18H20N2O2S/c1-2-7-16-11-13-18(14-12-16)23(21,22)20-19-15-6-10-17-8-4-3-5-9-17/h3-6,8-15,20H,2,7H2,1H3. The molecule has 0 aromatic heterocycles. The zero-order valence-corrected chi connectivity index (χ0v) is 13.8. The molecule has 0 fully saturated rings. The number of allylic oxidation sites excluding steroid dienone is 1. The van der Waals surface area contributed by atoms with Gasteiger partial charge in [0, 0.05) is 6.21 Å². The Labute approximate surface area is 137 Å². The summed E-state index contributed by atoms with van der Waals surface area (Å²) in [5.41, 5.74) is 2.15. The van der Waals surface area contributed by atoms with Gasteiger partial charge in [-0.05, 0) is 35.8 Å². The molecule has 23 heavy (non-hydrogen) atoms. The van der Waals surface area contributed by atoms with Crippen LogP contribution < -0.4 is 4.83 Å². The van der Waals surface area contributed by atoms with Crippen molar-refractivity contribution >= 4 is 22.3 Å². The van der Waals surface area contributed by atoms with E-state index in [0.29, 0.717) is 0 Å². The molecule has 5 heteroatoms. The maximum absolute atomic E-state index is 12.1. The maximum atomic E-state index is 12.1. The van der Waals surface area contributed by atoms with Crippen molar-refractivity contribution in [3.63, 3.8) is 0 Å². The fourth-order valence-electron chi connectivity index (χ4n) is 2.04. The van der Waals surface area contributed by atoms with E-state index in [-0.39, 0.29) is 4.90 Å². The summed E-state index contributed by atoms with van der Waals surface area (Å²) in [6.07, 6.45) is 6.91. The number of nitrogens with one attached hydrogen (secondary N) is 1. The van der Waals surface area contributed by atoms with Crippen molar-refractivity contribution in [1.29, 1.82) is 0 Å². The van der Waals surface area contributed by atoms with Gasteiger partial charge in [0.25, 0.3) is 10.0 Å². The van der Waals surface area contributed by atoms with Crippen LogP contribution in [-0.4, -0.2) is 14.6 Å². The largest absolute Gasteiger partial charge is 0.276 e. The Morgan fingerprint density at radius 3 is 2.39 bits per heavy atom. The highest BCUT2D eigenvalue weighted by Crippen LogP contribution is 2.11. The van der Waals surface area contributed by atoms with Crippen molar-refractivity contribution in [1.82, 2.24) is 4.83 Å². The number of hydrogen-bond acceptors (Lipinski definition) is 3. The van der Waals surface area contributed by atoms with Gasteiger partial charge in [0.1, 0.15) is 0 Å². The Bertz CT molecular complexity index is 764. The second kappa shape index (κ2) is 8.29. The Kier molecular flexibility index (Phi) is 6.11. The zero-order chi connectivity index (χ0) is 16.5. The molecule has 4 nitrogen and oxygen atoms in total. The van der Waals surface area contributed by atoms with Crippen molar-refractivity contribution < 1.29 is 8.42 Å². The molecule has 0 bridgehead atoms. The van der Waals surface area contributed by atoms with E-state index in [0.717, 1.165) is 24.0 Å². The normalized spacial score (nSPS) is 12.0. The predicted molar refractivity (Wildman–Crippen MR) is 94.7 cm³/mol. The third kappa shape index (κ3) is 5.38. The molecule has 1 N–H and O–H groups in total. The predicted octanol–water partition coefficient (Wildman–Crippen LogP) is 3.62. The Morgan fingerprint density at radius 1 is 1.04 bits per heavy atom. The molecule has 0 aliphatic carbocycles. The van der Waals surface area contributed by atoms with Crippen LogP contribution in [0.3, 0.4) is 0 Å². The van der Waals surface area contributed by atoms with E-state index in [9.17, 15) is 8.42 Å². The molecule has 0 aliphatic rings. The van der Waals surface area contributed by atoms with Gasteiger partial charge in [0.15, 0.2) is 0 Å². The maximum Gasteiger partial charge on any atom is 0.276 e. The lowest BCUT2D eigenvalue weighted by molar-refractivity contribution is 0.584. The molecule has 120 valence electrons. The van der Waals surface area contributed by atoms with Gasteiger partial charge in [-0.1, -0.05) is 61.9 Å². The van der Waals surface area contributed by atoms with Crippen molar-refractivity contribution in [2.45, 2.75) is 24.7 Å². The molecule has 0 radical (unpaired) electrons. The SMILES string of the molecule is CCCc1ccc(S(=O)(=O)NN=CC=Cc2ccccc2)cc1. The molecule has 0 aliphatic heterocycles. The number of sulfonamides is 1. The van der Waals surface area contributed by atoms with Crippen LogP contribution in [0.5, 0.6) is 0 Å². The van der Waals surface area contributed by atoms with E-state index in [1.807, 2.05) is 48.5 Å². The second-order valence-electron chi connectivity index (χ2n) is 5.04. The lowest BCUT2D eigenvalue weighted by Gasteiger charge is -2.04. The summed E-state index contributed by atoms with van der Waals surface area (Å²) in [6, 6.07) is 16.6. The Morgan fingerprint density at radius 2 is 1.74 bits per heavy atom. The number of hydrogen-bond donors (Lipinski definition) is 1. The highest BCUT2D eigenvalue weighted by atomic mass is 32.2. The smallest absolute Gasteiger partial charge is 0.200 e. The van der Waals surface area contributed by atoms with Gasteiger partial charge < -0.3 is 0 Å². The average Bonchev–Trinajstić information content (AvgIpc) is 2.56. The van der Waals surface area contributed by atoms with Crippen molar-refractivity contribution in [2.75, 3.05) is 0 Å². The van der Waals surface area contributed by atoms with Gasteiger partial charge in [0.05, 0.1) is 4.90 Å². The van der Waals surface area contributed by atoms with E-state index in [4.69, 9.17) is 0 Å². The van der Waals surface area contributed by atoms with Gasteiger partial charge in [-0.2, -0.15) is 13.5 Å². The highest BCUT2D eigenvalue weighted by Gasteiger charge is 2.11. The Hall–Kier alpha value is -2.40. The van der Waals surface area contributed by atoms with Crippen LogP contribution in [-0.2, 0) is 16.4 Å². The molecule has 0 spiro atoms. The van der Waals surface area contributed by atoms with Crippen molar-refractivity contribution in [2.24, 2.45) is 5.10 Å². The number of benzene rings is 2. The monoisotopic (exact) mass is 328 g/mol. The van der Waals surface area contributed by atoms with Gasteiger partial charge in [-0.15, -0.1) is 0 Å². The third-order valence-electron chi connectivity index (χ3n) is 3.19. The van der Waals surface area contributed by atoms with Crippen LogP contribution in [0.2, 0.25) is 0 Å². The van der Waals surface area contributed by atoms with Crippen LogP contribution in [0.15, 0.2) is 70.7 Å². The van der Waals surface area contributed by atoms with Crippen molar-refractivity contribution in [3.8, 4) is 0 Å². The minimum Gasteiger partial charge on any atom is -0.200 e. The van der Waals surface area contributed by atoms with E-state index in [1.165, 1.54) is 6.21 Å². The molecule has 0 saturated carbocycles. The van der Waals surface area contributed by atoms with E-state index in [1.54, 1.807) is 18.2 Å². The number of hydrazone groups is 1. The molecule has 0 atom stereocenters. The van der Waals surface area contributed by atoms with E-state index in [2.05, 4.69) is 16.9 Å². The van der Waals surface area contributed by atoms with Crippen LogP contribution >= 0.6 is 0 Å². The lowest BCUT2D eigenvalue weighted by Crippen LogP contribution is -2.18. The zero-order valence-electron chi connectivity index (χ0n) is 13.0. The second-order valence-corrected chi connectivity index (χ2v) is 6.70. The lowest BCUT2D eigenvalue weighted by atomic mass is 10.1. The number of aryl methyl sites for hydroxylation is 1. The quantitative estimate of drug-likeness (QED) is 0.623. The van der Waals surface area contributed by atoms with Crippen LogP contribution in [0, 0.1) is 0 Å². The van der Waals surface area contributed by atoms with Gasteiger partial charge in [-0.3, -0.25) is 0 Å². The summed E-state index contributed by atoms with van der Waals surface area (Å²) >= 11 is 0. The molecular weight excluding hydrogens is 308 g/mol. The summed E-state index contributed by atoms with van der Waals surface area (Å²) in [5.74, 6) is 0. The minimum atomic E-state index is -3.62. The molecule has 2 aromatic carbocycles. The molecule has 0 saturated heterocycles. The van der Waals surface area contributed by atoms with E-state index >= 15 is 0 Å². The molecule has 0 heterocycles. The summed E-state index contributed by atoms with van der Waals surface area (Å²) in [7, 11) is -3.62. The Balaban J connectivity index is 1.95. The van der Waals surface area contributed by atoms with Crippen LogP contribution in [0.25, 0.3) is 6.08 Å².